The van der Waals surface area contributed by atoms with E-state index in [-0.39, 0.29) is 17.4 Å². The molecule has 3 aromatic carbocycles. The van der Waals surface area contributed by atoms with Crippen molar-refractivity contribution < 1.29 is 13.5 Å². The molecule has 4 aromatic rings. The van der Waals surface area contributed by atoms with E-state index >= 15 is 0 Å². The predicted octanol–water partition coefficient (Wildman–Crippen LogP) is 4.66. The van der Waals surface area contributed by atoms with E-state index < -0.39 is 11.6 Å². The molecule has 0 saturated carbocycles. The van der Waals surface area contributed by atoms with Gasteiger partial charge in [-0.1, -0.05) is 18.2 Å². The van der Waals surface area contributed by atoms with Crippen molar-refractivity contribution in [2.24, 2.45) is 5.73 Å². The van der Waals surface area contributed by atoms with Crippen LogP contribution in [-0.2, 0) is 0 Å². The lowest BCUT2D eigenvalue weighted by molar-refractivity contribution is 0.386. The first-order chi connectivity index (χ1) is 16.5. The molecule has 0 bridgehead atoms. The van der Waals surface area contributed by atoms with Gasteiger partial charge in [0.15, 0.2) is 11.6 Å². The quantitative estimate of drug-likeness (QED) is 0.480. The summed E-state index contributed by atoms with van der Waals surface area (Å²) in [5.41, 5.74) is 9.17. The van der Waals surface area contributed by atoms with Gasteiger partial charge in [0.1, 0.15) is 11.9 Å². The van der Waals surface area contributed by atoms with Crippen LogP contribution < -0.4 is 15.4 Å². The first kappa shape index (κ1) is 21.7. The van der Waals surface area contributed by atoms with Gasteiger partial charge in [-0.3, -0.25) is 0 Å². The van der Waals surface area contributed by atoms with Crippen LogP contribution >= 0.6 is 0 Å². The van der Waals surface area contributed by atoms with E-state index in [2.05, 4.69) is 0 Å². The summed E-state index contributed by atoms with van der Waals surface area (Å²) in [5, 5.41) is 9.80. The molecular formula is C26H21F2N5O. The molecule has 0 radical (unpaired) electrons. The number of aromatic nitrogens is 2. The highest BCUT2D eigenvalue weighted by Gasteiger charge is 2.23. The summed E-state index contributed by atoms with van der Waals surface area (Å²) < 4.78 is 33.9. The van der Waals surface area contributed by atoms with Crippen molar-refractivity contribution in [1.29, 1.82) is 5.26 Å². The molecule has 0 amide bonds. The average Bonchev–Trinajstić information content (AvgIpc) is 3.29. The van der Waals surface area contributed by atoms with Crippen LogP contribution in [0, 0.1) is 23.0 Å². The van der Waals surface area contributed by atoms with Crippen LogP contribution in [0.3, 0.4) is 0 Å². The second-order valence-electron chi connectivity index (χ2n) is 8.25. The van der Waals surface area contributed by atoms with Crippen molar-refractivity contribution in [2.75, 3.05) is 25.1 Å². The number of ether oxygens (including phenoxy) is 1. The molecule has 1 aromatic heterocycles. The van der Waals surface area contributed by atoms with Gasteiger partial charge < -0.3 is 15.4 Å². The van der Waals surface area contributed by atoms with Gasteiger partial charge in [0.25, 0.3) is 0 Å². The lowest BCUT2D eigenvalue weighted by Gasteiger charge is -2.18. The number of anilines is 1. The number of fused-ring (bicyclic) bond motifs is 1. The minimum Gasteiger partial charge on any atom is -0.494 e. The van der Waals surface area contributed by atoms with E-state index in [0.29, 0.717) is 40.2 Å². The van der Waals surface area contributed by atoms with Crippen LogP contribution in [0.25, 0.3) is 33.3 Å². The van der Waals surface area contributed by atoms with Crippen LogP contribution in [0.15, 0.2) is 54.6 Å². The average molecular weight is 457 g/mol. The monoisotopic (exact) mass is 457 g/mol. The van der Waals surface area contributed by atoms with Gasteiger partial charge in [-0.15, -0.1) is 0 Å². The standard InChI is InChI=1S/C26H21F2N5O/c1-34-24-7-5-16(11-22(24)28)15-4-6-23-20(10-15)25(17-2-3-18(13-29)21(27)12-17)32-26(31-23)33-9-8-19(30)14-33/h2-7,10-12,19H,8-9,14,30H2,1H3. The predicted molar refractivity (Wildman–Crippen MR) is 126 cm³/mol. The number of nitrogens with two attached hydrogens (primary N) is 1. The second-order valence-corrected chi connectivity index (χ2v) is 8.25. The Kier molecular flexibility index (Phi) is 5.56. The highest BCUT2D eigenvalue weighted by molar-refractivity contribution is 5.96. The highest BCUT2D eigenvalue weighted by atomic mass is 19.1. The molecule has 0 aliphatic carbocycles. The molecule has 0 spiro atoms. The molecule has 8 heteroatoms. The Labute approximate surface area is 195 Å². The lowest BCUT2D eigenvalue weighted by Crippen LogP contribution is -2.27. The van der Waals surface area contributed by atoms with Crippen molar-refractivity contribution in [3.63, 3.8) is 0 Å². The third-order valence-corrected chi connectivity index (χ3v) is 6.04. The molecular weight excluding hydrogens is 436 g/mol. The van der Waals surface area contributed by atoms with E-state index in [1.54, 1.807) is 18.2 Å². The minimum atomic E-state index is -0.620. The second kappa shape index (κ2) is 8.69. The summed E-state index contributed by atoms with van der Waals surface area (Å²) >= 11 is 0. The van der Waals surface area contributed by atoms with E-state index in [9.17, 15) is 8.78 Å². The first-order valence-corrected chi connectivity index (χ1v) is 10.8. The number of nitrogens with zero attached hydrogens (tertiary/aromatic N) is 4. The number of benzene rings is 3. The Balaban J connectivity index is 1.70. The molecule has 1 saturated heterocycles. The van der Waals surface area contributed by atoms with Crippen LogP contribution in [0.2, 0.25) is 0 Å². The summed E-state index contributed by atoms with van der Waals surface area (Å²) in [6, 6.07) is 16.6. The van der Waals surface area contributed by atoms with Crippen molar-refractivity contribution in [2.45, 2.75) is 12.5 Å². The molecule has 2 heterocycles. The molecule has 1 aliphatic rings. The van der Waals surface area contributed by atoms with Crippen molar-refractivity contribution in [3.8, 4) is 34.2 Å². The van der Waals surface area contributed by atoms with Crippen molar-refractivity contribution >= 4 is 16.9 Å². The summed E-state index contributed by atoms with van der Waals surface area (Å²) in [5.74, 6) is -0.408. The zero-order valence-corrected chi connectivity index (χ0v) is 18.4. The number of methoxy groups -OCH3 is 1. The molecule has 6 nitrogen and oxygen atoms in total. The van der Waals surface area contributed by atoms with Gasteiger partial charge in [-0.25, -0.2) is 18.7 Å². The first-order valence-electron chi connectivity index (χ1n) is 10.8. The Bertz CT molecular complexity index is 1450. The summed E-state index contributed by atoms with van der Waals surface area (Å²) in [6.07, 6.45) is 0.837. The normalized spacial score (nSPS) is 15.5. The number of halogens is 2. The van der Waals surface area contributed by atoms with Crippen LogP contribution in [0.4, 0.5) is 14.7 Å². The molecule has 2 N–H and O–H groups in total. The van der Waals surface area contributed by atoms with E-state index in [1.807, 2.05) is 29.2 Å². The van der Waals surface area contributed by atoms with Gasteiger partial charge >= 0.3 is 0 Å². The minimum absolute atomic E-state index is 0.0396. The molecule has 1 atom stereocenters. The van der Waals surface area contributed by atoms with Crippen molar-refractivity contribution in [1.82, 2.24) is 9.97 Å². The molecule has 170 valence electrons. The van der Waals surface area contributed by atoms with Gasteiger partial charge in [0.05, 0.1) is 23.9 Å². The largest absolute Gasteiger partial charge is 0.494 e. The summed E-state index contributed by atoms with van der Waals surface area (Å²) in [6.45, 7) is 1.37. The molecule has 5 rings (SSSR count). The van der Waals surface area contributed by atoms with Crippen LogP contribution in [0.1, 0.15) is 12.0 Å². The van der Waals surface area contributed by atoms with Crippen LogP contribution in [-0.4, -0.2) is 36.2 Å². The van der Waals surface area contributed by atoms with E-state index in [4.69, 9.17) is 25.7 Å². The Morgan fingerprint density at radius 2 is 1.74 bits per heavy atom. The van der Waals surface area contributed by atoms with Crippen LogP contribution in [0.5, 0.6) is 5.75 Å². The van der Waals surface area contributed by atoms with E-state index in [1.165, 1.54) is 25.3 Å². The SMILES string of the molecule is COc1ccc(-c2ccc3nc(N4CCC(N)C4)nc(-c4ccc(C#N)c(F)c4)c3c2)cc1F. The van der Waals surface area contributed by atoms with Gasteiger partial charge in [-0.05, 0) is 53.9 Å². The fourth-order valence-corrected chi connectivity index (χ4v) is 4.23. The molecule has 1 fully saturated rings. The Morgan fingerprint density at radius 1 is 1.00 bits per heavy atom. The van der Waals surface area contributed by atoms with Gasteiger partial charge in [0, 0.05) is 30.1 Å². The zero-order chi connectivity index (χ0) is 23.8. The molecule has 1 aliphatic heterocycles. The lowest BCUT2D eigenvalue weighted by atomic mass is 9.99. The van der Waals surface area contributed by atoms with Gasteiger partial charge in [0.2, 0.25) is 5.95 Å². The Hall–Kier alpha value is -4.09. The maximum absolute atomic E-state index is 14.5. The number of hydrogen-bond acceptors (Lipinski definition) is 6. The van der Waals surface area contributed by atoms with Gasteiger partial charge in [-0.2, -0.15) is 5.26 Å². The third-order valence-electron chi connectivity index (χ3n) is 6.04. The Morgan fingerprint density at radius 3 is 2.41 bits per heavy atom. The third kappa shape index (κ3) is 3.91. The summed E-state index contributed by atoms with van der Waals surface area (Å²) in [7, 11) is 1.42. The topological polar surface area (TPSA) is 88.1 Å². The van der Waals surface area contributed by atoms with Crippen molar-refractivity contribution in [3.05, 3.63) is 71.8 Å². The van der Waals surface area contributed by atoms with E-state index in [0.717, 1.165) is 18.5 Å². The maximum atomic E-state index is 14.5. The smallest absolute Gasteiger partial charge is 0.226 e. The zero-order valence-electron chi connectivity index (χ0n) is 18.4. The molecule has 1 unspecified atom stereocenters. The number of rotatable bonds is 4. The number of hydrogen-bond donors (Lipinski definition) is 1. The molecule has 34 heavy (non-hydrogen) atoms. The number of nitriles is 1. The fraction of sp³-hybridized carbons (Fsp3) is 0.192. The fourth-order valence-electron chi connectivity index (χ4n) is 4.23. The maximum Gasteiger partial charge on any atom is 0.226 e. The summed E-state index contributed by atoms with van der Waals surface area (Å²) in [4.78, 5) is 11.5. The highest BCUT2D eigenvalue weighted by Crippen LogP contribution is 2.34.